The largest absolute Gasteiger partial charge is 0.744 e. The Balaban J connectivity index is 0.000000289. The first-order valence-electron chi connectivity index (χ1n) is 7.58. The molecule has 0 bridgehead atoms. The van der Waals surface area contributed by atoms with Crippen LogP contribution < -0.4 is 0 Å². The van der Waals surface area contributed by atoms with Gasteiger partial charge >= 0.3 is 0 Å². The van der Waals surface area contributed by atoms with E-state index in [0.717, 1.165) is 11.0 Å². The van der Waals surface area contributed by atoms with E-state index >= 15 is 0 Å². The second-order valence-corrected chi connectivity index (χ2v) is 7.91. The molecule has 0 saturated carbocycles. The smallest absolute Gasteiger partial charge is 0.180 e. The zero-order valence-electron chi connectivity index (χ0n) is 15.0. The van der Waals surface area contributed by atoms with Gasteiger partial charge in [-0.3, -0.25) is 0 Å². The maximum Gasteiger partial charge on any atom is 0.180 e. The molecule has 0 fully saturated rings. The fraction of sp³-hybridized carbons (Fsp3) is 0.222. The van der Waals surface area contributed by atoms with Crippen LogP contribution in [0.2, 0.25) is 0 Å². The van der Waals surface area contributed by atoms with Crippen molar-refractivity contribution in [3.05, 3.63) is 71.3 Å². The zero-order chi connectivity index (χ0) is 21.0. The molecule has 0 aromatic heterocycles. The molecule has 27 heavy (non-hydrogen) atoms. The van der Waals surface area contributed by atoms with Crippen LogP contribution in [0.3, 0.4) is 0 Å². The number of halogens is 4. The molecular formula is C18H19F4NO3S. The van der Waals surface area contributed by atoms with Gasteiger partial charge in [-0.2, -0.15) is 0 Å². The maximum atomic E-state index is 13.0. The van der Waals surface area contributed by atoms with Gasteiger partial charge in [0.05, 0.1) is 26.7 Å². The van der Waals surface area contributed by atoms with E-state index in [9.17, 15) is 30.5 Å². The van der Waals surface area contributed by atoms with Crippen LogP contribution in [0.4, 0.5) is 17.6 Å². The van der Waals surface area contributed by atoms with E-state index in [0.29, 0.717) is 6.08 Å². The van der Waals surface area contributed by atoms with Crippen molar-refractivity contribution in [3.63, 3.8) is 0 Å². The Morgan fingerprint density at radius 3 is 1.74 bits per heavy atom. The molecule has 2 rings (SSSR count). The average Bonchev–Trinajstić information content (AvgIpc) is 2.52. The van der Waals surface area contributed by atoms with Crippen LogP contribution >= 0.6 is 0 Å². The van der Waals surface area contributed by atoms with Crippen molar-refractivity contribution in [1.29, 1.82) is 0 Å². The zero-order valence-corrected chi connectivity index (χ0v) is 15.8. The first-order valence-corrected chi connectivity index (χ1v) is 8.99. The molecule has 4 nitrogen and oxygen atoms in total. The van der Waals surface area contributed by atoms with Crippen molar-refractivity contribution in [2.75, 3.05) is 21.1 Å². The van der Waals surface area contributed by atoms with Gasteiger partial charge in [-0.05, 0) is 0 Å². The summed E-state index contributed by atoms with van der Waals surface area (Å²) in [6.45, 7) is 3.98. The van der Waals surface area contributed by atoms with Gasteiger partial charge in [-0.15, -0.1) is 0 Å². The molecule has 0 amide bonds. The Labute approximate surface area is 155 Å². The van der Waals surface area contributed by atoms with Gasteiger partial charge in [0.15, 0.2) is 23.3 Å². The van der Waals surface area contributed by atoms with Gasteiger partial charge < -0.3 is 9.04 Å². The molecule has 9 heteroatoms. The number of rotatable bonds is 4. The predicted molar refractivity (Wildman–Crippen MR) is 92.5 cm³/mol. The van der Waals surface area contributed by atoms with E-state index in [-0.39, 0.29) is 0 Å². The standard InChI is InChI=1S/C10H16N.C8H4F4O3S/c1-11(2,3)9-10-7-5-4-6-8-10;1-2-3-4(9)6(11)8(16(13,14)15)7(12)5(3)10/h4-8H,9H2,1-3H3;2H,1H2,(H,13,14,15)/q+1;/p-1. The van der Waals surface area contributed by atoms with Crippen molar-refractivity contribution in [1.82, 2.24) is 0 Å². The van der Waals surface area contributed by atoms with Crippen LogP contribution in [0.15, 0.2) is 41.8 Å². The number of quaternary nitrogens is 1. The van der Waals surface area contributed by atoms with Crippen LogP contribution in [-0.4, -0.2) is 38.6 Å². The van der Waals surface area contributed by atoms with E-state index in [1.807, 2.05) is 0 Å². The Morgan fingerprint density at radius 2 is 1.41 bits per heavy atom. The van der Waals surface area contributed by atoms with Gasteiger partial charge in [0.1, 0.15) is 21.6 Å². The van der Waals surface area contributed by atoms with Crippen LogP contribution in [-0.2, 0) is 16.7 Å². The second-order valence-electron chi connectivity index (χ2n) is 6.59. The summed E-state index contributed by atoms with van der Waals surface area (Å²) in [4.78, 5) is -2.17. The van der Waals surface area contributed by atoms with Gasteiger partial charge in [0.25, 0.3) is 0 Å². The molecule has 0 aliphatic carbocycles. The molecule has 0 unspecified atom stereocenters. The van der Waals surface area contributed by atoms with Crippen molar-refractivity contribution >= 4 is 16.2 Å². The number of hydrogen-bond acceptors (Lipinski definition) is 3. The quantitative estimate of drug-likeness (QED) is 0.337. The van der Waals surface area contributed by atoms with Crippen molar-refractivity contribution in [2.45, 2.75) is 11.4 Å². The highest BCUT2D eigenvalue weighted by Gasteiger charge is 2.27. The lowest BCUT2D eigenvalue weighted by Crippen LogP contribution is -2.33. The number of benzene rings is 2. The number of nitrogens with zero attached hydrogens (tertiary/aromatic N) is 1. The minimum Gasteiger partial charge on any atom is -0.744 e. The summed E-state index contributed by atoms with van der Waals surface area (Å²) in [6, 6.07) is 10.6. The highest BCUT2D eigenvalue weighted by atomic mass is 32.2. The first-order chi connectivity index (χ1) is 12.3. The molecule has 0 N–H and O–H groups in total. The van der Waals surface area contributed by atoms with E-state index in [2.05, 4.69) is 58.1 Å². The fourth-order valence-corrected chi connectivity index (χ4v) is 2.78. The maximum absolute atomic E-state index is 13.0. The summed E-state index contributed by atoms with van der Waals surface area (Å²) in [5.41, 5.74) is 0.224. The molecule has 0 saturated heterocycles. The monoisotopic (exact) mass is 405 g/mol. The molecule has 0 aliphatic rings. The van der Waals surface area contributed by atoms with Crippen molar-refractivity contribution in [2.24, 2.45) is 0 Å². The lowest BCUT2D eigenvalue weighted by molar-refractivity contribution is -0.884. The van der Waals surface area contributed by atoms with Gasteiger partial charge in [-0.1, -0.05) is 43.0 Å². The molecule has 148 valence electrons. The van der Waals surface area contributed by atoms with E-state index in [1.165, 1.54) is 5.56 Å². The molecule has 2 aromatic rings. The average molecular weight is 405 g/mol. The Hall–Kier alpha value is -2.23. The lowest BCUT2D eigenvalue weighted by Gasteiger charge is -2.23. The number of hydrogen-bond donors (Lipinski definition) is 0. The van der Waals surface area contributed by atoms with E-state index < -0.39 is 43.8 Å². The third kappa shape index (κ3) is 6.16. The Morgan fingerprint density at radius 1 is 0.963 bits per heavy atom. The molecule has 0 spiro atoms. The Bertz CT molecular complexity index is 895. The minimum atomic E-state index is -5.65. The molecule has 2 aromatic carbocycles. The Kier molecular flexibility index (Phi) is 7.30. The summed E-state index contributed by atoms with van der Waals surface area (Å²) in [6.07, 6.45) is 0.456. The van der Waals surface area contributed by atoms with Gasteiger partial charge in [0, 0.05) is 5.56 Å². The fourth-order valence-electron chi connectivity index (χ4n) is 2.16. The van der Waals surface area contributed by atoms with Crippen LogP contribution in [0.25, 0.3) is 6.08 Å². The summed E-state index contributed by atoms with van der Waals surface area (Å²) < 4.78 is 84.1. The molecule has 0 aliphatic heterocycles. The minimum absolute atomic E-state index is 0.456. The van der Waals surface area contributed by atoms with E-state index in [4.69, 9.17) is 0 Å². The van der Waals surface area contributed by atoms with Gasteiger partial charge in [0.2, 0.25) is 0 Å². The molecular weight excluding hydrogens is 386 g/mol. The summed E-state index contributed by atoms with van der Waals surface area (Å²) in [5.74, 6) is -8.49. The third-order valence-electron chi connectivity index (χ3n) is 3.21. The van der Waals surface area contributed by atoms with Crippen molar-refractivity contribution in [3.8, 4) is 0 Å². The first kappa shape index (κ1) is 22.8. The molecule has 0 atom stereocenters. The summed E-state index contributed by atoms with van der Waals surface area (Å²) in [5, 5.41) is 0. The highest BCUT2D eigenvalue weighted by Crippen LogP contribution is 2.27. The van der Waals surface area contributed by atoms with Crippen LogP contribution in [0.5, 0.6) is 0 Å². The van der Waals surface area contributed by atoms with Crippen LogP contribution in [0, 0.1) is 23.3 Å². The summed E-state index contributed by atoms with van der Waals surface area (Å²) in [7, 11) is 0.956. The summed E-state index contributed by atoms with van der Waals surface area (Å²) >= 11 is 0. The normalized spacial score (nSPS) is 11.6. The molecule has 0 radical (unpaired) electrons. The topological polar surface area (TPSA) is 57.2 Å². The lowest BCUT2D eigenvalue weighted by atomic mass is 10.2. The predicted octanol–water partition coefficient (Wildman–Crippen LogP) is 3.68. The third-order valence-corrected chi connectivity index (χ3v) is 4.07. The SMILES string of the molecule is C=Cc1c(F)c(F)c(S(=O)(=O)[O-])c(F)c1F.C[N+](C)(C)Cc1ccccc1. The highest BCUT2D eigenvalue weighted by molar-refractivity contribution is 7.85. The second kappa shape index (κ2) is 8.64. The van der Waals surface area contributed by atoms with Crippen LogP contribution in [0.1, 0.15) is 11.1 Å². The van der Waals surface area contributed by atoms with E-state index in [1.54, 1.807) is 0 Å². The van der Waals surface area contributed by atoms with Gasteiger partial charge in [-0.25, -0.2) is 26.0 Å². The molecule has 0 heterocycles. The van der Waals surface area contributed by atoms with Crippen molar-refractivity contribution < 1.29 is 35.0 Å².